The number of alkyl halides is 3. The standard InChI is InChI=1S/C25H27ClF3N3O2/c26-20-7-4-18(5-8-20)24(34)32-14-10-17(11-15-32)23(33)30-21-16-19(25(27,28)29)6-9-22(21)31-12-2-1-3-13-31/h4-9,16-17H,1-3,10-15H2,(H,30,33). The minimum atomic E-state index is -4.49. The molecule has 2 saturated heterocycles. The van der Waals surface area contributed by atoms with Gasteiger partial charge < -0.3 is 15.1 Å². The summed E-state index contributed by atoms with van der Waals surface area (Å²) < 4.78 is 40.0. The first-order valence-corrected chi connectivity index (χ1v) is 11.9. The van der Waals surface area contributed by atoms with Crippen LogP contribution in [0.25, 0.3) is 0 Å². The van der Waals surface area contributed by atoms with Crippen molar-refractivity contribution in [2.75, 3.05) is 36.4 Å². The van der Waals surface area contributed by atoms with E-state index in [0.717, 1.165) is 44.5 Å². The van der Waals surface area contributed by atoms with E-state index < -0.39 is 11.7 Å². The summed E-state index contributed by atoms with van der Waals surface area (Å²) in [6.07, 6.45) is -0.575. The number of nitrogens with one attached hydrogen (secondary N) is 1. The van der Waals surface area contributed by atoms with Crippen molar-refractivity contribution in [1.82, 2.24) is 4.90 Å². The highest BCUT2D eigenvalue weighted by atomic mass is 35.5. The summed E-state index contributed by atoms with van der Waals surface area (Å²) in [6.45, 7) is 2.31. The maximum Gasteiger partial charge on any atom is 0.416 e. The van der Waals surface area contributed by atoms with E-state index in [9.17, 15) is 22.8 Å². The van der Waals surface area contributed by atoms with Gasteiger partial charge in [-0.1, -0.05) is 11.6 Å². The number of benzene rings is 2. The van der Waals surface area contributed by atoms with E-state index in [1.54, 1.807) is 29.2 Å². The second kappa shape index (κ2) is 10.3. The van der Waals surface area contributed by atoms with Crippen LogP contribution in [-0.2, 0) is 11.0 Å². The van der Waals surface area contributed by atoms with Crippen molar-refractivity contribution in [3.8, 4) is 0 Å². The molecule has 0 aliphatic carbocycles. The Labute approximate surface area is 201 Å². The van der Waals surface area contributed by atoms with E-state index in [1.165, 1.54) is 6.07 Å². The van der Waals surface area contributed by atoms with Gasteiger partial charge >= 0.3 is 6.18 Å². The molecule has 0 aromatic heterocycles. The lowest BCUT2D eigenvalue weighted by atomic mass is 9.95. The number of nitrogens with zero attached hydrogens (tertiary/aromatic N) is 2. The molecule has 9 heteroatoms. The van der Waals surface area contributed by atoms with Gasteiger partial charge in [-0.2, -0.15) is 13.2 Å². The summed E-state index contributed by atoms with van der Waals surface area (Å²) in [6, 6.07) is 10.2. The molecule has 2 aliphatic rings. The minimum absolute atomic E-state index is 0.124. The molecule has 34 heavy (non-hydrogen) atoms. The molecule has 2 heterocycles. The SMILES string of the molecule is O=C(Nc1cc(C(F)(F)F)ccc1N1CCCCC1)C1CCN(C(=O)c2ccc(Cl)cc2)CC1. The Morgan fingerprint density at radius 1 is 0.912 bits per heavy atom. The molecule has 1 N–H and O–H groups in total. The predicted molar refractivity (Wildman–Crippen MR) is 126 cm³/mol. The Morgan fingerprint density at radius 2 is 1.56 bits per heavy atom. The summed E-state index contributed by atoms with van der Waals surface area (Å²) in [5.74, 6) is -0.810. The fourth-order valence-corrected chi connectivity index (χ4v) is 4.70. The molecular weight excluding hydrogens is 467 g/mol. The number of rotatable bonds is 4. The molecule has 182 valence electrons. The number of anilines is 2. The van der Waals surface area contributed by atoms with Gasteiger partial charge in [0.2, 0.25) is 5.91 Å². The molecule has 2 fully saturated rings. The van der Waals surface area contributed by atoms with Crippen molar-refractivity contribution >= 4 is 34.8 Å². The van der Waals surface area contributed by atoms with Crippen LogP contribution in [0.3, 0.4) is 0 Å². The topological polar surface area (TPSA) is 52.7 Å². The number of hydrogen-bond acceptors (Lipinski definition) is 3. The molecule has 5 nitrogen and oxygen atoms in total. The Kier molecular flexibility index (Phi) is 7.36. The highest BCUT2D eigenvalue weighted by Crippen LogP contribution is 2.37. The molecule has 2 aromatic rings. The highest BCUT2D eigenvalue weighted by molar-refractivity contribution is 6.30. The third kappa shape index (κ3) is 5.66. The lowest BCUT2D eigenvalue weighted by molar-refractivity contribution is -0.137. The molecule has 0 bridgehead atoms. The summed E-state index contributed by atoms with van der Waals surface area (Å²) in [5.41, 5.74) is 0.562. The van der Waals surface area contributed by atoms with Crippen LogP contribution in [0.1, 0.15) is 48.0 Å². The minimum Gasteiger partial charge on any atom is -0.370 e. The second-order valence-corrected chi connectivity index (χ2v) is 9.28. The fourth-order valence-electron chi connectivity index (χ4n) is 4.58. The lowest BCUT2D eigenvalue weighted by Gasteiger charge is -2.33. The molecule has 0 unspecified atom stereocenters. The monoisotopic (exact) mass is 493 g/mol. The van der Waals surface area contributed by atoms with Crippen LogP contribution in [0, 0.1) is 5.92 Å². The molecular formula is C25H27ClF3N3O2. The summed E-state index contributed by atoms with van der Waals surface area (Å²) in [4.78, 5) is 29.4. The number of carbonyl (C=O) groups is 2. The van der Waals surface area contributed by atoms with Crippen LogP contribution in [0.2, 0.25) is 5.02 Å². The largest absolute Gasteiger partial charge is 0.416 e. The maximum atomic E-state index is 13.3. The Morgan fingerprint density at radius 3 is 2.18 bits per heavy atom. The van der Waals surface area contributed by atoms with E-state index in [-0.39, 0.29) is 23.4 Å². The van der Waals surface area contributed by atoms with Crippen molar-refractivity contribution in [1.29, 1.82) is 0 Å². The first-order valence-electron chi connectivity index (χ1n) is 11.5. The van der Waals surface area contributed by atoms with Gasteiger partial charge in [0.05, 0.1) is 16.9 Å². The average Bonchev–Trinajstić information content (AvgIpc) is 2.84. The molecule has 0 radical (unpaired) electrons. The van der Waals surface area contributed by atoms with Gasteiger partial charge in [-0.05, 0) is 74.6 Å². The number of piperidine rings is 2. The van der Waals surface area contributed by atoms with Crippen LogP contribution < -0.4 is 10.2 Å². The van der Waals surface area contributed by atoms with E-state index in [1.807, 2.05) is 4.90 Å². The zero-order valence-electron chi connectivity index (χ0n) is 18.7. The van der Waals surface area contributed by atoms with Crippen LogP contribution in [0.15, 0.2) is 42.5 Å². The van der Waals surface area contributed by atoms with E-state index in [4.69, 9.17) is 11.6 Å². The molecule has 2 aliphatic heterocycles. The zero-order valence-corrected chi connectivity index (χ0v) is 19.5. The van der Waals surface area contributed by atoms with E-state index in [2.05, 4.69) is 5.32 Å². The highest BCUT2D eigenvalue weighted by Gasteiger charge is 2.33. The zero-order chi connectivity index (χ0) is 24.3. The van der Waals surface area contributed by atoms with Gasteiger partial charge in [-0.15, -0.1) is 0 Å². The number of halogens is 4. The van der Waals surface area contributed by atoms with Crippen molar-refractivity contribution in [3.63, 3.8) is 0 Å². The van der Waals surface area contributed by atoms with Gasteiger partial charge in [0.1, 0.15) is 0 Å². The third-order valence-electron chi connectivity index (χ3n) is 6.52. The lowest BCUT2D eigenvalue weighted by Crippen LogP contribution is -2.41. The molecule has 2 aromatic carbocycles. The van der Waals surface area contributed by atoms with Crippen molar-refractivity contribution in [2.45, 2.75) is 38.3 Å². The quantitative estimate of drug-likeness (QED) is 0.582. The summed E-state index contributed by atoms with van der Waals surface area (Å²) in [5, 5.41) is 3.32. The van der Waals surface area contributed by atoms with Gasteiger partial charge in [-0.25, -0.2) is 0 Å². The maximum absolute atomic E-state index is 13.3. The van der Waals surface area contributed by atoms with Crippen molar-refractivity contribution < 1.29 is 22.8 Å². The number of hydrogen-bond donors (Lipinski definition) is 1. The Hall–Kier alpha value is -2.74. The van der Waals surface area contributed by atoms with Crippen LogP contribution in [-0.4, -0.2) is 42.9 Å². The van der Waals surface area contributed by atoms with Gasteiger partial charge in [0.25, 0.3) is 5.91 Å². The second-order valence-electron chi connectivity index (χ2n) is 8.84. The van der Waals surface area contributed by atoms with Crippen molar-refractivity contribution in [3.05, 3.63) is 58.6 Å². The number of amides is 2. The summed E-state index contributed by atoms with van der Waals surface area (Å²) in [7, 11) is 0. The number of likely N-dealkylation sites (tertiary alicyclic amines) is 1. The van der Waals surface area contributed by atoms with Gasteiger partial charge in [-0.3, -0.25) is 9.59 Å². The molecule has 0 saturated carbocycles. The van der Waals surface area contributed by atoms with Crippen LogP contribution >= 0.6 is 11.6 Å². The first-order chi connectivity index (χ1) is 16.2. The molecule has 0 atom stereocenters. The summed E-state index contributed by atoms with van der Waals surface area (Å²) >= 11 is 5.88. The normalized spacial score (nSPS) is 17.5. The third-order valence-corrected chi connectivity index (χ3v) is 6.77. The predicted octanol–water partition coefficient (Wildman–Crippen LogP) is 5.84. The molecule has 4 rings (SSSR count). The Bertz CT molecular complexity index is 1030. The van der Waals surface area contributed by atoms with Gasteiger partial charge in [0, 0.05) is 42.7 Å². The first kappa shape index (κ1) is 24.4. The fraction of sp³-hybridized carbons (Fsp3) is 0.440. The average molecular weight is 494 g/mol. The van der Waals surface area contributed by atoms with Crippen LogP contribution in [0.5, 0.6) is 0 Å². The Balaban J connectivity index is 1.44. The number of carbonyl (C=O) groups excluding carboxylic acids is 2. The van der Waals surface area contributed by atoms with E-state index in [0.29, 0.717) is 42.2 Å². The molecule has 0 spiro atoms. The smallest absolute Gasteiger partial charge is 0.370 e. The van der Waals surface area contributed by atoms with E-state index >= 15 is 0 Å². The van der Waals surface area contributed by atoms with Crippen LogP contribution in [0.4, 0.5) is 24.5 Å². The molecule has 2 amide bonds. The van der Waals surface area contributed by atoms with Crippen molar-refractivity contribution in [2.24, 2.45) is 5.92 Å². The van der Waals surface area contributed by atoms with Gasteiger partial charge in [0.15, 0.2) is 0 Å².